The van der Waals surface area contributed by atoms with Crippen LogP contribution in [0, 0.1) is 0 Å². The molecular weight excluding hydrogens is 200 g/mol. The van der Waals surface area contributed by atoms with Crippen LogP contribution >= 0.6 is 0 Å². The number of nitrogens with zero attached hydrogens (tertiary/aromatic N) is 1. The Morgan fingerprint density at radius 3 is 2.44 bits per heavy atom. The lowest BCUT2D eigenvalue weighted by Gasteiger charge is -2.31. The molecular formula is C13H18N2O. The fraction of sp³-hybridized carbons (Fsp3) is 0.462. The van der Waals surface area contributed by atoms with Crippen LogP contribution in [-0.4, -0.2) is 24.0 Å². The highest BCUT2D eigenvalue weighted by molar-refractivity contribution is 5.72. The number of amides is 1. The number of hydrazine groups is 1. The molecule has 0 unspecified atom stereocenters. The Balaban J connectivity index is 1.88. The molecule has 1 fully saturated rings. The highest BCUT2D eigenvalue weighted by Crippen LogP contribution is 2.26. The van der Waals surface area contributed by atoms with E-state index in [1.54, 1.807) is 6.92 Å². The SMILES string of the molecule is CC(=O)NN1CCC(c2ccccc2)CC1. The average Bonchev–Trinajstić information content (AvgIpc) is 2.30. The monoisotopic (exact) mass is 218 g/mol. The van der Waals surface area contributed by atoms with Crippen LogP contribution in [0.2, 0.25) is 0 Å². The van der Waals surface area contributed by atoms with Crippen molar-refractivity contribution in [1.82, 2.24) is 10.4 Å². The first kappa shape index (κ1) is 11.1. The lowest BCUT2D eigenvalue weighted by molar-refractivity contribution is -0.124. The number of hydrogen-bond acceptors (Lipinski definition) is 2. The van der Waals surface area contributed by atoms with Gasteiger partial charge in [0.15, 0.2) is 0 Å². The van der Waals surface area contributed by atoms with Gasteiger partial charge < -0.3 is 0 Å². The summed E-state index contributed by atoms with van der Waals surface area (Å²) in [5.41, 5.74) is 4.27. The third kappa shape index (κ3) is 2.83. The second-order valence-electron chi connectivity index (χ2n) is 4.34. The topological polar surface area (TPSA) is 32.3 Å². The molecule has 0 aromatic heterocycles. The minimum absolute atomic E-state index is 0.0261. The highest BCUT2D eigenvalue weighted by Gasteiger charge is 2.20. The molecule has 3 heteroatoms. The summed E-state index contributed by atoms with van der Waals surface area (Å²) in [6.45, 7) is 3.45. The molecule has 3 nitrogen and oxygen atoms in total. The van der Waals surface area contributed by atoms with Gasteiger partial charge in [-0.25, -0.2) is 5.01 Å². The molecule has 1 heterocycles. The third-order valence-electron chi connectivity index (χ3n) is 3.08. The van der Waals surface area contributed by atoms with Gasteiger partial charge in [0.1, 0.15) is 0 Å². The summed E-state index contributed by atoms with van der Waals surface area (Å²) in [4.78, 5) is 10.9. The maximum absolute atomic E-state index is 10.9. The Bertz CT molecular complexity index is 342. The molecule has 1 saturated heterocycles. The Labute approximate surface area is 96.4 Å². The van der Waals surface area contributed by atoms with Crippen LogP contribution < -0.4 is 5.43 Å². The van der Waals surface area contributed by atoms with Crippen LogP contribution in [0.25, 0.3) is 0 Å². The largest absolute Gasteiger partial charge is 0.289 e. The Morgan fingerprint density at radius 2 is 1.88 bits per heavy atom. The van der Waals surface area contributed by atoms with Crippen molar-refractivity contribution < 1.29 is 4.79 Å². The third-order valence-corrected chi connectivity index (χ3v) is 3.08. The van der Waals surface area contributed by atoms with Crippen molar-refractivity contribution in [2.24, 2.45) is 0 Å². The number of rotatable bonds is 2. The Kier molecular flexibility index (Phi) is 3.57. The van der Waals surface area contributed by atoms with Crippen molar-refractivity contribution in [2.45, 2.75) is 25.7 Å². The van der Waals surface area contributed by atoms with Gasteiger partial charge in [0.05, 0.1) is 0 Å². The van der Waals surface area contributed by atoms with E-state index >= 15 is 0 Å². The molecule has 0 aliphatic carbocycles. The maximum atomic E-state index is 10.9. The maximum Gasteiger partial charge on any atom is 0.231 e. The van der Waals surface area contributed by atoms with Crippen LogP contribution in [-0.2, 0) is 4.79 Å². The van der Waals surface area contributed by atoms with E-state index in [0.717, 1.165) is 25.9 Å². The minimum Gasteiger partial charge on any atom is -0.289 e. The summed E-state index contributed by atoms with van der Waals surface area (Å²) < 4.78 is 0. The van der Waals surface area contributed by atoms with Crippen molar-refractivity contribution in [3.05, 3.63) is 35.9 Å². The summed E-state index contributed by atoms with van der Waals surface area (Å²) in [5, 5.41) is 2.02. The first-order chi connectivity index (χ1) is 7.75. The van der Waals surface area contributed by atoms with Gasteiger partial charge in [0.2, 0.25) is 5.91 Å². The van der Waals surface area contributed by atoms with Gasteiger partial charge in [-0.1, -0.05) is 30.3 Å². The molecule has 0 radical (unpaired) electrons. The molecule has 2 rings (SSSR count). The van der Waals surface area contributed by atoms with Gasteiger partial charge in [0, 0.05) is 20.0 Å². The van der Waals surface area contributed by atoms with E-state index in [4.69, 9.17) is 0 Å². The highest BCUT2D eigenvalue weighted by atomic mass is 16.2. The fourth-order valence-corrected chi connectivity index (χ4v) is 2.27. The molecule has 1 amide bonds. The predicted octanol–water partition coefficient (Wildman–Crippen LogP) is 1.92. The molecule has 0 atom stereocenters. The van der Waals surface area contributed by atoms with E-state index < -0.39 is 0 Å². The van der Waals surface area contributed by atoms with Crippen LogP contribution in [0.1, 0.15) is 31.2 Å². The van der Waals surface area contributed by atoms with Crippen LogP contribution in [0.5, 0.6) is 0 Å². The Morgan fingerprint density at radius 1 is 1.25 bits per heavy atom. The molecule has 1 aliphatic rings. The molecule has 1 N–H and O–H groups in total. The lowest BCUT2D eigenvalue weighted by atomic mass is 9.90. The zero-order valence-electron chi connectivity index (χ0n) is 9.65. The van der Waals surface area contributed by atoms with Crippen LogP contribution in [0.15, 0.2) is 30.3 Å². The summed E-state index contributed by atoms with van der Waals surface area (Å²) in [5.74, 6) is 0.671. The molecule has 1 aliphatic heterocycles. The Hall–Kier alpha value is -1.35. The number of benzene rings is 1. The number of hydrogen-bond donors (Lipinski definition) is 1. The first-order valence-corrected chi connectivity index (χ1v) is 5.83. The van der Waals surface area contributed by atoms with Gasteiger partial charge >= 0.3 is 0 Å². The van der Waals surface area contributed by atoms with E-state index in [-0.39, 0.29) is 5.91 Å². The number of carbonyl (C=O) groups excluding carboxylic acids is 1. The van der Waals surface area contributed by atoms with Crippen LogP contribution in [0.3, 0.4) is 0 Å². The van der Waals surface area contributed by atoms with E-state index in [1.165, 1.54) is 5.56 Å². The smallest absolute Gasteiger partial charge is 0.231 e. The van der Waals surface area contributed by atoms with E-state index in [2.05, 4.69) is 35.8 Å². The summed E-state index contributed by atoms with van der Waals surface area (Å²) >= 11 is 0. The van der Waals surface area contributed by atoms with Gasteiger partial charge in [0.25, 0.3) is 0 Å². The standard InChI is InChI=1S/C13H18N2O/c1-11(16)14-15-9-7-13(8-10-15)12-5-3-2-4-6-12/h2-6,13H,7-10H2,1H3,(H,14,16). The predicted molar refractivity (Wildman–Crippen MR) is 63.8 cm³/mol. The van der Waals surface area contributed by atoms with Crippen molar-refractivity contribution in [2.75, 3.05) is 13.1 Å². The van der Waals surface area contributed by atoms with Crippen molar-refractivity contribution >= 4 is 5.91 Å². The number of carbonyl (C=O) groups is 1. The quantitative estimate of drug-likeness (QED) is 0.822. The fourth-order valence-electron chi connectivity index (χ4n) is 2.27. The lowest BCUT2D eigenvalue weighted by Crippen LogP contribution is -2.45. The molecule has 0 spiro atoms. The molecule has 86 valence electrons. The summed E-state index contributed by atoms with van der Waals surface area (Å²) in [6, 6.07) is 10.6. The molecule has 1 aromatic carbocycles. The first-order valence-electron chi connectivity index (χ1n) is 5.83. The zero-order chi connectivity index (χ0) is 11.4. The van der Waals surface area contributed by atoms with Crippen molar-refractivity contribution in [1.29, 1.82) is 0 Å². The van der Waals surface area contributed by atoms with Gasteiger partial charge in [-0.05, 0) is 24.3 Å². The molecule has 0 bridgehead atoms. The minimum atomic E-state index is 0.0261. The number of nitrogens with one attached hydrogen (secondary N) is 1. The average molecular weight is 218 g/mol. The second kappa shape index (κ2) is 5.12. The van der Waals surface area contributed by atoms with Crippen LogP contribution in [0.4, 0.5) is 0 Å². The van der Waals surface area contributed by atoms with Crippen molar-refractivity contribution in [3.8, 4) is 0 Å². The van der Waals surface area contributed by atoms with Crippen molar-refractivity contribution in [3.63, 3.8) is 0 Å². The normalized spacial score (nSPS) is 18.3. The van der Waals surface area contributed by atoms with Gasteiger partial charge in [-0.15, -0.1) is 0 Å². The van der Waals surface area contributed by atoms with Gasteiger partial charge in [-0.3, -0.25) is 10.2 Å². The molecule has 0 saturated carbocycles. The molecule has 1 aromatic rings. The van der Waals surface area contributed by atoms with Gasteiger partial charge in [-0.2, -0.15) is 0 Å². The number of piperidine rings is 1. The van der Waals surface area contributed by atoms with E-state index in [9.17, 15) is 4.79 Å². The van der Waals surface area contributed by atoms with E-state index in [0.29, 0.717) is 5.92 Å². The summed E-state index contributed by atoms with van der Waals surface area (Å²) in [6.07, 6.45) is 2.23. The zero-order valence-corrected chi connectivity index (χ0v) is 9.65. The molecule has 16 heavy (non-hydrogen) atoms. The second-order valence-corrected chi connectivity index (χ2v) is 4.34. The van der Waals surface area contributed by atoms with E-state index in [1.807, 2.05) is 5.01 Å². The summed E-state index contributed by atoms with van der Waals surface area (Å²) in [7, 11) is 0.